The highest BCUT2D eigenvalue weighted by Crippen LogP contribution is 2.48. The Morgan fingerprint density at radius 3 is 2.75 bits per heavy atom. The number of fused-ring (bicyclic) bond motifs is 1. The van der Waals surface area contributed by atoms with Crippen LogP contribution in [0.5, 0.6) is 0 Å². The Balaban J connectivity index is 2.03. The van der Waals surface area contributed by atoms with Crippen LogP contribution >= 0.6 is 23.2 Å². The molecule has 0 fully saturated rings. The summed E-state index contributed by atoms with van der Waals surface area (Å²) in [6.07, 6.45) is 1.56. The van der Waals surface area contributed by atoms with Gasteiger partial charge < -0.3 is 5.32 Å². The minimum Gasteiger partial charge on any atom is -0.337 e. The summed E-state index contributed by atoms with van der Waals surface area (Å²) < 4.78 is 8.32. The number of nitrogens with zero attached hydrogens (tertiary/aromatic N) is 4. The SMILES string of the molecule is NNc1nccc(Nc2c(Cl)cc(Cl)c3c2N=S=N3)n1. The molecule has 1 aliphatic rings. The van der Waals surface area contributed by atoms with Crippen molar-refractivity contribution in [1.82, 2.24) is 9.97 Å². The van der Waals surface area contributed by atoms with Gasteiger partial charge in [-0.2, -0.15) is 13.7 Å². The van der Waals surface area contributed by atoms with Crippen LogP contribution in [0.25, 0.3) is 0 Å². The molecule has 1 aliphatic heterocycles. The maximum Gasteiger partial charge on any atom is 0.239 e. The Hall–Kier alpha value is -1.74. The standard InChI is InChI=1S/C10H7Cl2N7S/c11-4-3-5(12)8-9(19-20-18-8)7(4)15-6-1-2-14-10(16-6)17-13/h1-3H,13H2,(H2,14,15,16,17). The van der Waals surface area contributed by atoms with E-state index in [0.29, 0.717) is 32.9 Å². The van der Waals surface area contributed by atoms with E-state index in [4.69, 9.17) is 29.0 Å². The number of nitrogens with two attached hydrogens (primary N) is 1. The van der Waals surface area contributed by atoms with Crippen molar-refractivity contribution in [2.24, 2.45) is 14.6 Å². The Morgan fingerprint density at radius 1 is 1.15 bits per heavy atom. The molecule has 2 heterocycles. The molecule has 0 radical (unpaired) electrons. The van der Waals surface area contributed by atoms with E-state index in [-0.39, 0.29) is 5.95 Å². The van der Waals surface area contributed by atoms with Crippen molar-refractivity contribution < 1.29 is 0 Å². The number of nitrogens with one attached hydrogen (secondary N) is 2. The summed E-state index contributed by atoms with van der Waals surface area (Å²) in [5, 5.41) is 3.95. The number of hydrogen-bond donors (Lipinski definition) is 3. The number of benzene rings is 1. The average molecular weight is 328 g/mol. The highest BCUT2D eigenvalue weighted by Gasteiger charge is 2.19. The monoisotopic (exact) mass is 327 g/mol. The Labute approximate surface area is 127 Å². The van der Waals surface area contributed by atoms with Gasteiger partial charge in [-0.3, -0.25) is 5.43 Å². The van der Waals surface area contributed by atoms with E-state index in [2.05, 4.69) is 29.4 Å². The largest absolute Gasteiger partial charge is 0.337 e. The third-order valence-electron chi connectivity index (χ3n) is 2.48. The minimum absolute atomic E-state index is 0.285. The molecule has 7 nitrogen and oxygen atoms in total. The fourth-order valence-corrected chi connectivity index (χ4v) is 2.78. The van der Waals surface area contributed by atoms with Crippen LogP contribution in [0.1, 0.15) is 0 Å². The second kappa shape index (κ2) is 5.33. The summed E-state index contributed by atoms with van der Waals surface area (Å²) in [5.41, 5.74) is 4.13. The van der Waals surface area contributed by atoms with Crippen LogP contribution in [0.4, 0.5) is 28.8 Å². The van der Waals surface area contributed by atoms with E-state index in [1.165, 1.54) is 0 Å². The number of aromatic nitrogens is 2. The molecule has 0 aliphatic carbocycles. The van der Waals surface area contributed by atoms with Crippen molar-refractivity contribution >= 4 is 63.4 Å². The lowest BCUT2D eigenvalue weighted by Crippen LogP contribution is -2.10. The molecule has 0 amide bonds. The second-order valence-corrected chi connectivity index (χ2v) is 5.05. The topological polar surface area (TPSA) is 101 Å². The van der Waals surface area contributed by atoms with Crippen LogP contribution < -0.4 is 16.6 Å². The molecule has 0 atom stereocenters. The molecule has 1 aromatic carbocycles. The van der Waals surface area contributed by atoms with Crippen molar-refractivity contribution in [3.05, 3.63) is 28.4 Å². The van der Waals surface area contributed by atoms with E-state index in [1.807, 2.05) is 0 Å². The van der Waals surface area contributed by atoms with Gasteiger partial charge >= 0.3 is 0 Å². The molecular formula is C10H7Cl2N7S. The first-order chi connectivity index (χ1) is 9.69. The number of anilines is 3. The number of nitrogen functional groups attached to an aromatic ring is 1. The van der Waals surface area contributed by atoms with Crippen LogP contribution in [0.3, 0.4) is 0 Å². The number of halogens is 2. The summed E-state index contributed by atoms with van der Waals surface area (Å²) in [6.45, 7) is 0. The zero-order chi connectivity index (χ0) is 14.1. The Bertz CT molecular complexity index is 758. The molecule has 2 aromatic rings. The molecule has 4 N–H and O–H groups in total. The molecule has 10 heteroatoms. The fourth-order valence-electron chi connectivity index (χ4n) is 1.62. The van der Waals surface area contributed by atoms with E-state index in [9.17, 15) is 0 Å². The van der Waals surface area contributed by atoms with Gasteiger partial charge in [0.05, 0.1) is 27.1 Å². The lowest BCUT2D eigenvalue weighted by atomic mass is 10.2. The van der Waals surface area contributed by atoms with E-state index >= 15 is 0 Å². The number of hydrazine groups is 1. The first kappa shape index (κ1) is 13.3. The van der Waals surface area contributed by atoms with Crippen LogP contribution in [-0.4, -0.2) is 9.97 Å². The fraction of sp³-hybridized carbons (Fsp3) is 0. The normalized spacial score (nSPS) is 11.9. The quantitative estimate of drug-likeness (QED) is 0.504. The highest BCUT2D eigenvalue weighted by atomic mass is 35.5. The van der Waals surface area contributed by atoms with Gasteiger partial charge in [-0.25, -0.2) is 10.8 Å². The highest BCUT2D eigenvalue weighted by molar-refractivity contribution is 7.58. The summed E-state index contributed by atoms with van der Waals surface area (Å²) in [5.74, 6) is 6.07. The lowest BCUT2D eigenvalue weighted by molar-refractivity contribution is 1.12. The van der Waals surface area contributed by atoms with Gasteiger partial charge in [0.2, 0.25) is 5.95 Å². The van der Waals surface area contributed by atoms with E-state index in [1.54, 1.807) is 18.3 Å². The van der Waals surface area contributed by atoms with Gasteiger partial charge in [0.25, 0.3) is 0 Å². The summed E-state index contributed by atoms with van der Waals surface area (Å²) in [6, 6.07) is 3.29. The van der Waals surface area contributed by atoms with Gasteiger partial charge in [-0.1, -0.05) is 23.2 Å². The zero-order valence-corrected chi connectivity index (χ0v) is 12.1. The first-order valence-corrected chi connectivity index (χ1v) is 6.84. The van der Waals surface area contributed by atoms with Gasteiger partial charge in [0.15, 0.2) is 0 Å². The van der Waals surface area contributed by atoms with Crippen molar-refractivity contribution in [1.29, 1.82) is 0 Å². The van der Waals surface area contributed by atoms with Crippen molar-refractivity contribution in [3.8, 4) is 0 Å². The van der Waals surface area contributed by atoms with Gasteiger partial charge in [0.1, 0.15) is 17.2 Å². The lowest BCUT2D eigenvalue weighted by Gasteiger charge is -2.11. The third kappa shape index (κ3) is 2.34. The van der Waals surface area contributed by atoms with Gasteiger partial charge in [-0.15, -0.1) is 0 Å². The summed E-state index contributed by atoms with van der Waals surface area (Å²) in [4.78, 5) is 8.07. The smallest absolute Gasteiger partial charge is 0.239 e. The van der Waals surface area contributed by atoms with Crippen molar-refractivity contribution in [2.75, 3.05) is 10.7 Å². The third-order valence-corrected chi connectivity index (χ3v) is 3.60. The van der Waals surface area contributed by atoms with Gasteiger partial charge in [0, 0.05) is 6.20 Å². The molecule has 1 aromatic heterocycles. The molecule has 0 unspecified atom stereocenters. The van der Waals surface area contributed by atoms with Crippen molar-refractivity contribution in [3.63, 3.8) is 0 Å². The second-order valence-electron chi connectivity index (χ2n) is 3.71. The minimum atomic E-state index is 0.285. The molecule has 0 spiro atoms. The predicted molar refractivity (Wildman–Crippen MR) is 81.1 cm³/mol. The molecule has 0 saturated carbocycles. The maximum absolute atomic E-state index is 6.20. The maximum atomic E-state index is 6.20. The van der Waals surface area contributed by atoms with Gasteiger partial charge in [-0.05, 0) is 12.1 Å². The van der Waals surface area contributed by atoms with Crippen LogP contribution in [0.2, 0.25) is 10.0 Å². The van der Waals surface area contributed by atoms with Crippen LogP contribution in [-0.2, 0) is 11.4 Å². The molecule has 102 valence electrons. The average Bonchev–Trinajstić information content (AvgIpc) is 2.93. The Morgan fingerprint density at radius 2 is 1.95 bits per heavy atom. The van der Waals surface area contributed by atoms with E-state index in [0.717, 1.165) is 11.4 Å². The molecule has 0 bridgehead atoms. The van der Waals surface area contributed by atoms with Crippen LogP contribution in [0.15, 0.2) is 27.1 Å². The zero-order valence-electron chi connectivity index (χ0n) is 9.76. The van der Waals surface area contributed by atoms with Crippen molar-refractivity contribution in [2.45, 2.75) is 0 Å². The molecular weight excluding hydrogens is 321 g/mol. The molecule has 3 rings (SSSR count). The van der Waals surface area contributed by atoms with Crippen LogP contribution in [0, 0.1) is 0 Å². The summed E-state index contributed by atoms with van der Waals surface area (Å²) >= 11 is 13.3. The molecule has 0 saturated heterocycles. The summed E-state index contributed by atoms with van der Waals surface area (Å²) in [7, 11) is 0. The predicted octanol–water partition coefficient (Wildman–Crippen LogP) is 3.54. The number of rotatable bonds is 3. The first-order valence-electron chi connectivity index (χ1n) is 5.36. The number of hydrogen-bond acceptors (Lipinski definition) is 7. The van der Waals surface area contributed by atoms with E-state index < -0.39 is 0 Å². The molecule has 20 heavy (non-hydrogen) atoms. The Kier molecular flexibility index (Phi) is 3.53.